The first kappa shape index (κ1) is 26.0. The van der Waals surface area contributed by atoms with Crippen LogP contribution in [-0.4, -0.2) is 52.0 Å². The van der Waals surface area contributed by atoms with Crippen molar-refractivity contribution in [3.63, 3.8) is 0 Å². The van der Waals surface area contributed by atoms with Gasteiger partial charge in [-0.15, -0.1) is 15.0 Å². The van der Waals surface area contributed by atoms with Crippen LogP contribution in [0.1, 0.15) is 38.5 Å². The van der Waals surface area contributed by atoms with E-state index in [0.717, 1.165) is 48.4 Å². The Balaban J connectivity index is 1.37. The lowest BCUT2D eigenvalue weighted by molar-refractivity contribution is 0.0674. The fourth-order valence-electron chi connectivity index (χ4n) is 4.12. The van der Waals surface area contributed by atoms with E-state index in [9.17, 15) is 4.79 Å². The van der Waals surface area contributed by atoms with Crippen LogP contribution in [0.2, 0.25) is 25.7 Å². The Hall–Kier alpha value is -3.11. The van der Waals surface area contributed by atoms with Crippen LogP contribution in [0.25, 0.3) is 22.5 Å². The zero-order chi connectivity index (χ0) is 25.4. The average molecular weight is 509 g/mol. The van der Waals surface area contributed by atoms with Gasteiger partial charge in [0.1, 0.15) is 5.75 Å². The number of rotatable bonds is 9. The maximum Gasteiger partial charge on any atom is 0.412 e. The molecule has 0 unspecified atom stereocenters. The first-order chi connectivity index (χ1) is 17.4. The minimum absolute atomic E-state index is 0.190. The zero-order valence-electron chi connectivity index (χ0n) is 21.4. The van der Waals surface area contributed by atoms with Crippen molar-refractivity contribution in [1.82, 2.24) is 30.5 Å². The highest BCUT2D eigenvalue weighted by Gasteiger charge is 2.16. The topological polar surface area (TPSA) is 104 Å². The molecule has 0 saturated heterocycles. The van der Waals surface area contributed by atoms with E-state index in [0.29, 0.717) is 18.2 Å². The lowest BCUT2D eigenvalue weighted by Gasteiger charge is -2.16. The summed E-state index contributed by atoms with van der Waals surface area (Å²) in [4.78, 5) is 18.3. The summed E-state index contributed by atoms with van der Waals surface area (Å²) < 4.78 is 11.3. The molecule has 1 saturated carbocycles. The van der Waals surface area contributed by atoms with Gasteiger partial charge < -0.3 is 14.8 Å². The number of hydrogen-bond acceptors (Lipinski definition) is 7. The van der Waals surface area contributed by atoms with Crippen LogP contribution in [0.3, 0.4) is 0 Å². The van der Waals surface area contributed by atoms with Crippen molar-refractivity contribution in [2.45, 2.75) is 77.0 Å². The van der Waals surface area contributed by atoms with Crippen LogP contribution >= 0.6 is 0 Å². The first-order valence-electron chi connectivity index (χ1n) is 12.8. The van der Waals surface area contributed by atoms with E-state index in [1.165, 1.54) is 17.6 Å². The molecule has 1 aromatic carbocycles. The van der Waals surface area contributed by atoms with Crippen LogP contribution in [0, 0.1) is 0 Å². The van der Waals surface area contributed by atoms with Gasteiger partial charge in [0, 0.05) is 44.2 Å². The van der Waals surface area contributed by atoms with Gasteiger partial charge in [0.25, 0.3) is 0 Å². The summed E-state index contributed by atoms with van der Waals surface area (Å²) in [5.74, 6) is 0.969. The lowest BCUT2D eigenvalue weighted by atomic mass is 10.1. The normalized spacial score (nSPS) is 14.9. The highest BCUT2D eigenvalue weighted by molar-refractivity contribution is 6.76. The first-order valence-corrected chi connectivity index (χ1v) is 16.5. The minimum atomic E-state index is -1.14. The molecular weight excluding hydrogens is 472 g/mol. The smallest absolute Gasteiger partial charge is 0.410 e. The third-order valence-electron chi connectivity index (χ3n) is 6.21. The van der Waals surface area contributed by atoms with E-state index >= 15 is 0 Å². The molecule has 2 aromatic heterocycles. The Kier molecular flexibility index (Phi) is 8.82. The quantitative estimate of drug-likeness (QED) is 0.230. The van der Waals surface area contributed by atoms with Crippen molar-refractivity contribution in [2.75, 3.05) is 6.61 Å². The Morgan fingerprint density at radius 2 is 1.83 bits per heavy atom. The summed E-state index contributed by atoms with van der Waals surface area (Å²) in [6.07, 6.45) is 9.86. The summed E-state index contributed by atoms with van der Waals surface area (Å²) in [5.41, 5.74) is 2.49. The number of aromatic nitrogens is 5. The molecule has 10 heteroatoms. The van der Waals surface area contributed by atoms with Crippen molar-refractivity contribution in [3.05, 3.63) is 42.7 Å². The van der Waals surface area contributed by atoms with E-state index < -0.39 is 14.2 Å². The van der Waals surface area contributed by atoms with Crippen molar-refractivity contribution >= 4 is 14.2 Å². The Labute approximate surface area is 213 Å². The standard InChI is InChI=1S/C26H36N6O3Si/c1-36(2,3)14-13-34-19-32-30-25(29-31-32)22-15-21(17-27-18-22)20-9-8-12-24(16-20)35-26(33)28-23-10-6-4-5-7-11-23/h8-9,12,15-18,23H,4-7,10-11,13-14,19H2,1-3H3,(H,28,33). The van der Waals surface area contributed by atoms with Crippen molar-refractivity contribution < 1.29 is 14.3 Å². The van der Waals surface area contributed by atoms with Crippen LogP contribution in [0.5, 0.6) is 5.75 Å². The number of carbonyl (C=O) groups excluding carboxylic acids is 1. The molecule has 1 amide bonds. The number of benzene rings is 1. The van der Waals surface area contributed by atoms with Crippen LogP contribution in [0.4, 0.5) is 4.79 Å². The highest BCUT2D eigenvalue weighted by Crippen LogP contribution is 2.26. The molecule has 0 aliphatic heterocycles. The van der Waals surface area contributed by atoms with Gasteiger partial charge in [0.2, 0.25) is 5.82 Å². The van der Waals surface area contributed by atoms with Crippen LogP contribution in [0.15, 0.2) is 42.7 Å². The maximum atomic E-state index is 12.4. The molecule has 0 spiro atoms. The highest BCUT2D eigenvalue weighted by atomic mass is 28.3. The van der Waals surface area contributed by atoms with Crippen molar-refractivity contribution in [3.8, 4) is 28.3 Å². The molecule has 0 radical (unpaired) electrons. The molecule has 3 aromatic rings. The fourth-order valence-corrected chi connectivity index (χ4v) is 4.88. The number of hydrogen-bond donors (Lipinski definition) is 1. The molecule has 192 valence electrons. The number of pyridine rings is 1. The van der Waals surface area contributed by atoms with Gasteiger partial charge in [-0.05, 0) is 47.9 Å². The number of nitrogens with zero attached hydrogens (tertiary/aromatic N) is 5. The van der Waals surface area contributed by atoms with E-state index in [1.807, 2.05) is 24.3 Å². The molecule has 36 heavy (non-hydrogen) atoms. The molecule has 9 nitrogen and oxygen atoms in total. The van der Waals surface area contributed by atoms with E-state index in [4.69, 9.17) is 9.47 Å². The second-order valence-corrected chi connectivity index (χ2v) is 16.2. The van der Waals surface area contributed by atoms with Crippen molar-refractivity contribution in [1.29, 1.82) is 0 Å². The van der Waals surface area contributed by atoms with Crippen molar-refractivity contribution in [2.24, 2.45) is 0 Å². The predicted octanol–water partition coefficient (Wildman–Crippen LogP) is 5.53. The van der Waals surface area contributed by atoms with E-state index in [-0.39, 0.29) is 12.8 Å². The van der Waals surface area contributed by atoms with Crippen LogP contribution in [-0.2, 0) is 11.5 Å². The summed E-state index contributed by atoms with van der Waals surface area (Å²) in [7, 11) is -1.14. The lowest BCUT2D eigenvalue weighted by Crippen LogP contribution is -2.36. The monoisotopic (exact) mass is 508 g/mol. The summed E-state index contributed by atoms with van der Waals surface area (Å²) >= 11 is 0. The number of amides is 1. The number of nitrogens with one attached hydrogen (secondary N) is 1. The number of tetrazole rings is 1. The second-order valence-electron chi connectivity index (χ2n) is 10.5. The van der Waals surface area contributed by atoms with Gasteiger partial charge in [-0.2, -0.15) is 0 Å². The predicted molar refractivity (Wildman–Crippen MR) is 141 cm³/mol. The largest absolute Gasteiger partial charge is 0.412 e. The van der Waals surface area contributed by atoms with Gasteiger partial charge in [0.05, 0.1) is 0 Å². The minimum Gasteiger partial charge on any atom is -0.410 e. The summed E-state index contributed by atoms with van der Waals surface area (Å²) in [5, 5.41) is 15.7. The van der Waals surface area contributed by atoms with E-state index in [2.05, 4.69) is 45.4 Å². The fraction of sp³-hybridized carbons (Fsp3) is 0.500. The molecule has 1 N–H and O–H groups in total. The van der Waals surface area contributed by atoms with Gasteiger partial charge >= 0.3 is 6.09 Å². The molecule has 0 atom stereocenters. The SMILES string of the molecule is C[Si](C)(C)CCOCn1nnc(-c2cncc(-c3cccc(OC(=O)NC4CCCCCC4)c3)c2)n1. The Morgan fingerprint density at radius 3 is 2.61 bits per heavy atom. The zero-order valence-corrected chi connectivity index (χ0v) is 22.4. The number of carbonyl (C=O) groups is 1. The summed E-state index contributed by atoms with van der Waals surface area (Å²) in [6, 6.07) is 10.7. The molecule has 1 aliphatic rings. The molecule has 1 aliphatic carbocycles. The maximum absolute atomic E-state index is 12.4. The molecule has 1 fully saturated rings. The van der Waals surface area contributed by atoms with E-state index in [1.54, 1.807) is 18.5 Å². The Morgan fingerprint density at radius 1 is 1.06 bits per heavy atom. The van der Waals surface area contributed by atoms with Gasteiger partial charge in [-0.1, -0.05) is 57.5 Å². The third kappa shape index (κ3) is 7.96. The number of ether oxygens (including phenoxy) is 2. The molecule has 2 heterocycles. The summed E-state index contributed by atoms with van der Waals surface area (Å²) in [6.45, 7) is 7.92. The van der Waals surface area contributed by atoms with Gasteiger partial charge in [0.15, 0.2) is 6.73 Å². The molecule has 4 rings (SSSR count). The average Bonchev–Trinajstić information content (AvgIpc) is 3.18. The van der Waals surface area contributed by atoms with Gasteiger partial charge in [-0.3, -0.25) is 4.98 Å². The third-order valence-corrected chi connectivity index (χ3v) is 7.91. The molecular formula is C26H36N6O3Si. The second kappa shape index (κ2) is 12.2. The Bertz CT molecular complexity index is 1140. The van der Waals surface area contributed by atoms with Crippen LogP contribution < -0.4 is 10.1 Å². The molecule has 0 bridgehead atoms. The van der Waals surface area contributed by atoms with Gasteiger partial charge in [-0.25, -0.2) is 4.79 Å².